The van der Waals surface area contributed by atoms with Gasteiger partial charge in [0.05, 0.1) is 11.9 Å². The number of unbranched alkanes of at least 4 members (excludes halogenated alkanes) is 5. The fourth-order valence-corrected chi connectivity index (χ4v) is 2.51. The first kappa shape index (κ1) is 15.1. The molecule has 1 aliphatic rings. The number of nitrogens with zero attached hydrogens (tertiary/aromatic N) is 2. The van der Waals surface area contributed by atoms with Crippen LogP contribution in [0.2, 0.25) is 0 Å². The lowest BCUT2D eigenvalue weighted by molar-refractivity contribution is 0.444. The number of nitrogens with one attached hydrogen (secondary N) is 1. The fraction of sp³-hybridized carbons (Fsp3) is 0.750. The maximum atomic E-state index is 12.0. The summed E-state index contributed by atoms with van der Waals surface area (Å²) in [6.45, 7) is 2.97. The van der Waals surface area contributed by atoms with Gasteiger partial charge in [-0.15, -0.1) is 0 Å². The van der Waals surface area contributed by atoms with Crippen molar-refractivity contribution in [3.8, 4) is 0 Å². The predicted octanol–water partition coefficient (Wildman–Crippen LogP) is 3.57. The molecule has 1 saturated carbocycles. The summed E-state index contributed by atoms with van der Waals surface area (Å²) >= 11 is 0. The molecule has 4 nitrogen and oxygen atoms in total. The molecule has 112 valence electrons. The van der Waals surface area contributed by atoms with Gasteiger partial charge in [0.1, 0.15) is 0 Å². The summed E-state index contributed by atoms with van der Waals surface area (Å²) in [4.78, 5) is 12.0. The van der Waals surface area contributed by atoms with Gasteiger partial charge < -0.3 is 5.32 Å². The van der Waals surface area contributed by atoms with Gasteiger partial charge in [-0.25, -0.2) is 4.68 Å². The second-order valence-corrected chi connectivity index (χ2v) is 5.85. The van der Waals surface area contributed by atoms with Crippen molar-refractivity contribution in [1.82, 2.24) is 9.78 Å². The van der Waals surface area contributed by atoms with Crippen LogP contribution in [-0.2, 0) is 6.54 Å². The molecule has 0 spiro atoms. The Hall–Kier alpha value is -1.32. The van der Waals surface area contributed by atoms with Crippen molar-refractivity contribution in [2.75, 3.05) is 5.32 Å². The minimum absolute atomic E-state index is 0.0166. The molecule has 1 aliphatic carbocycles. The molecule has 1 aromatic heterocycles. The molecule has 1 heterocycles. The lowest BCUT2D eigenvalue weighted by atomic mass is 9.93. The summed E-state index contributed by atoms with van der Waals surface area (Å²) in [7, 11) is 0. The highest BCUT2D eigenvalue weighted by molar-refractivity contribution is 5.40. The van der Waals surface area contributed by atoms with Gasteiger partial charge in [-0.05, 0) is 25.7 Å². The van der Waals surface area contributed by atoms with Gasteiger partial charge in [0, 0.05) is 18.7 Å². The second-order valence-electron chi connectivity index (χ2n) is 5.85. The summed E-state index contributed by atoms with van der Waals surface area (Å²) in [5, 5.41) is 7.63. The first-order valence-electron chi connectivity index (χ1n) is 8.13. The Labute approximate surface area is 121 Å². The van der Waals surface area contributed by atoms with E-state index in [0.717, 1.165) is 18.7 Å². The molecule has 1 fully saturated rings. The van der Waals surface area contributed by atoms with Crippen LogP contribution in [0.3, 0.4) is 0 Å². The molecule has 2 rings (SSSR count). The van der Waals surface area contributed by atoms with E-state index in [1.807, 2.05) is 0 Å². The monoisotopic (exact) mass is 277 g/mol. The lowest BCUT2D eigenvalue weighted by Crippen LogP contribution is -2.29. The Morgan fingerprint density at radius 1 is 1.25 bits per heavy atom. The van der Waals surface area contributed by atoms with Crippen molar-refractivity contribution in [2.24, 2.45) is 0 Å². The largest absolute Gasteiger partial charge is 0.381 e. The van der Waals surface area contributed by atoms with E-state index in [9.17, 15) is 4.79 Å². The molecule has 0 saturated heterocycles. The summed E-state index contributed by atoms with van der Waals surface area (Å²) in [6, 6.07) is 2.23. The van der Waals surface area contributed by atoms with E-state index in [-0.39, 0.29) is 5.56 Å². The van der Waals surface area contributed by atoms with Gasteiger partial charge >= 0.3 is 0 Å². The third-order valence-corrected chi connectivity index (χ3v) is 4.07. The van der Waals surface area contributed by atoms with Gasteiger partial charge in [-0.3, -0.25) is 4.79 Å². The minimum atomic E-state index is 0.0166. The Morgan fingerprint density at radius 3 is 2.65 bits per heavy atom. The van der Waals surface area contributed by atoms with Crippen molar-refractivity contribution in [3.05, 3.63) is 22.6 Å². The Balaban J connectivity index is 1.73. The number of aryl methyl sites for hydroxylation is 1. The molecule has 0 aliphatic heterocycles. The summed E-state index contributed by atoms with van der Waals surface area (Å²) < 4.78 is 1.59. The van der Waals surface area contributed by atoms with Crippen molar-refractivity contribution in [2.45, 2.75) is 77.3 Å². The second kappa shape index (κ2) is 8.08. The van der Waals surface area contributed by atoms with E-state index in [4.69, 9.17) is 0 Å². The van der Waals surface area contributed by atoms with Crippen LogP contribution in [-0.4, -0.2) is 15.8 Å². The van der Waals surface area contributed by atoms with Crippen LogP contribution in [0.15, 0.2) is 17.1 Å². The molecule has 4 heteroatoms. The molecule has 0 amide bonds. The molecule has 1 N–H and O–H groups in total. The zero-order valence-corrected chi connectivity index (χ0v) is 12.6. The van der Waals surface area contributed by atoms with Crippen molar-refractivity contribution >= 4 is 5.69 Å². The topological polar surface area (TPSA) is 46.9 Å². The number of aromatic nitrogens is 2. The standard InChI is InChI=1S/C16H27N3O/c1-2-3-4-5-6-7-11-19-16(20)12-15(13-17-19)18-14-9-8-10-14/h12-14,18H,2-11H2,1H3. The number of hydrogen-bond acceptors (Lipinski definition) is 3. The van der Waals surface area contributed by atoms with Crippen LogP contribution >= 0.6 is 0 Å². The molecular weight excluding hydrogens is 250 g/mol. The van der Waals surface area contributed by atoms with Gasteiger partial charge in [0.25, 0.3) is 5.56 Å². The third-order valence-electron chi connectivity index (χ3n) is 4.07. The highest BCUT2D eigenvalue weighted by Gasteiger charge is 2.17. The highest BCUT2D eigenvalue weighted by atomic mass is 16.1. The van der Waals surface area contributed by atoms with Crippen LogP contribution in [0.5, 0.6) is 0 Å². The summed E-state index contributed by atoms with van der Waals surface area (Å²) in [6.07, 6.45) is 12.9. The molecule has 0 unspecified atom stereocenters. The molecule has 0 bridgehead atoms. The first-order valence-corrected chi connectivity index (χ1v) is 8.13. The average molecular weight is 277 g/mol. The normalized spacial score (nSPS) is 15.1. The third kappa shape index (κ3) is 4.66. The number of anilines is 1. The van der Waals surface area contributed by atoms with Crippen molar-refractivity contribution < 1.29 is 0 Å². The highest BCUT2D eigenvalue weighted by Crippen LogP contribution is 2.22. The van der Waals surface area contributed by atoms with Crippen LogP contribution in [0.1, 0.15) is 64.7 Å². The number of rotatable bonds is 9. The molecule has 0 radical (unpaired) electrons. The number of hydrogen-bond donors (Lipinski definition) is 1. The van der Waals surface area contributed by atoms with Crippen LogP contribution < -0.4 is 10.9 Å². The zero-order valence-electron chi connectivity index (χ0n) is 12.6. The lowest BCUT2D eigenvalue weighted by Gasteiger charge is -2.27. The smallest absolute Gasteiger partial charge is 0.268 e. The molecule has 1 aromatic rings. The van der Waals surface area contributed by atoms with Crippen LogP contribution in [0.4, 0.5) is 5.69 Å². The molecular formula is C16H27N3O. The van der Waals surface area contributed by atoms with Crippen LogP contribution in [0.25, 0.3) is 0 Å². The van der Waals surface area contributed by atoms with Gasteiger partial charge in [0.2, 0.25) is 0 Å². The van der Waals surface area contributed by atoms with Crippen molar-refractivity contribution in [3.63, 3.8) is 0 Å². The van der Waals surface area contributed by atoms with E-state index in [0.29, 0.717) is 6.04 Å². The van der Waals surface area contributed by atoms with Gasteiger partial charge in [0.15, 0.2) is 0 Å². The van der Waals surface area contributed by atoms with Crippen molar-refractivity contribution in [1.29, 1.82) is 0 Å². The quantitative estimate of drug-likeness (QED) is 0.702. The Bertz CT molecular complexity index is 451. The average Bonchev–Trinajstić information content (AvgIpc) is 2.40. The van der Waals surface area contributed by atoms with Gasteiger partial charge in [-0.1, -0.05) is 39.0 Å². The van der Waals surface area contributed by atoms with Crippen LogP contribution in [0, 0.1) is 0 Å². The Morgan fingerprint density at radius 2 is 2.00 bits per heavy atom. The minimum Gasteiger partial charge on any atom is -0.381 e. The van der Waals surface area contributed by atoms with E-state index in [2.05, 4.69) is 17.3 Å². The molecule has 20 heavy (non-hydrogen) atoms. The predicted molar refractivity (Wildman–Crippen MR) is 83.1 cm³/mol. The summed E-state index contributed by atoms with van der Waals surface area (Å²) in [5.41, 5.74) is 0.891. The fourth-order valence-electron chi connectivity index (χ4n) is 2.51. The van der Waals surface area contributed by atoms with E-state index >= 15 is 0 Å². The zero-order chi connectivity index (χ0) is 14.2. The van der Waals surface area contributed by atoms with E-state index in [1.165, 1.54) is 51.4 Å². The first-order chi connectivity index (χ1) is 9.79. The maximum absolute atomic E-state index is 12.0. The Kier molecular flexibility index (Phi) is 6.09. The summed E-state index contributed by atoms with van der Waals surface area (Å²) in [5.74, 6) is 0. The van der Waals surface area contributed by atoms with E-state index in [1.54, 1.807) is 16.9 Å². The molecule has 0 aromatic carbocycles. The maximum Gasteiger partial charge on any atom is 0.268 e. The van der Waals surface area contributed by atoms with Gasteiger partial charge in [-0.2, -0.15) is 5.10 Å². The molecule has 0 atom stereocenters. The van der Waals surface area contributed by atoms with E-state index < -0.39 is 0 Å². The SMILES string of the molecule is CCCCCCCCn1ncc(NC2CCC2)cc1=O.